The van der Waals surface area contributed by atoms with Gasteiger partial charge in [0.05, 0.1) is 0 Å². The van der Waals surface area contributed by atoms with Gasteiger partial charge in [0.15, 0.2) is 0 Å². The highest BCUT2D eigenvalue weighted by Crippen LogP contribution is 2.26. The Hall–Kier alpha value is -1.35. The second kappa shape index (κ2) is 6.01. The largest absolute Gasteiger partial charge is 0.352 e. The lowest BCUT2D eigenvalue weighted by Gasteiger charge is -2.08. The molecule has 0 fully saturated rings. The molecular formula is C15H16BrNO. The summed E-state index contributed by atoms with van der Waals surface area (Å²) in [4.78, 5) is 12.1. The van der Waals surface area contributed by atoms with E-state index >= 15 is 0 Å². The summed E-state index contributed by atoms with van der Waals surface area (Å²) in [5.74, 6) is 0.00662. The van der Waals surface area contributed by atoms with Crippen molar-refractivity contribution in [1.82, 2.24) is 5.32 Å². The number of fused-ring (bicyclic) bond motifs is 1. The van der Waals surface area contributed by atoms with Gasteiger partial charge in [0.1, 0.15) is 0 Å². The van der Waals surface area contributed by atoms with Gasteiger partial charge in [-0.2, -0.15) is 0 Å². The predicted molar refractivity (Wildman–Crippen MR) is 78.9 cm³/mol. The molecule has 2 nitrogen and oxygen atoms in total. The number of hydrogen-bond donors (Lipinski definition) is 1. The molecule has 0 saturated carbocycles. The summed E-state index contributed by atoms with van der Waals surface area (Å²) < 4.78 is 1.02. The van der Waals surface area contributed by atoms with Gasteiger partial charge in [0.25, 0.3) is 5.91 Å². The van der Waals surface area contributed by atoms with Crippen LogP contribution >= 0.6 is 15.9 Å². The smallest absolute Gasteiger partial charge is 0.251 e. The van der Waals surface area contributed by atoms with Crippen LogP contribution < -0.4 is 5.32 Å². The van der Waals surface area contributed by atoms with Crippen LogP contribution in [0.15, 0.2) is 40.9 Å². The molecule has 1 N–H and O–H groups in total. The number of unbranched alkanes of at least 4 members (excludes halogenated alkanes) is 1. The number of carbonyl (C=O) groups excluding carboxylic acids is 1. The number of nitrogens with one attached hydrogen (secondary N) is 1. The summed E-state index contributed by atoms with van der Waals surface area (Å²) in [5.41, 5.74) is 0.741. The minimum atomic E-state index is 0.00662. The van der Waals surface area contributed by atoms with Crippen LogP contribution in [0.5, 0.6) is 0 Å². The second-order valence-corrected chi connectivity index (χ2v) is 5.10. The van der Waals surface area contributed by atoms with Crippen molar-refractivity contribution >= 4 is 32.6 Å². The average molecular weight is 306 g/mol. The number of amides is 1. The van der Waals surface area contributed by atoms with Crippen molar-refractivity contribution in [2.24, 2.45) is 0 Å². The molecule has 0 aliphatic rings. The van der Waals surface area contributed by atoms with Crippen LogP contribution in [-0.4, -0.2) is 12.5 Å². The molecule has 94 valence electrons. The van der Waals surface area contributed by atoms with Crippen LogP contribution in [0.25, 0.3) is 10.8 Å². The van der Waals surface area contributed by atoms with E-state index in [9.17, 15) is 4.79 Å². The van der Waals surface area contributed by atoms with E-state index in [0.29, 0.717) is 0 Å². The lowest BCUT2D eigenvalue weighted by Crippen LogP contribution is -2.24. The van der Waals surface area contributed by atoms with Gasteiger partial charge < -0.3 is 5.32 Å². The third kappa shape index (κ3) is 2.72. The first-order valence-corrected chi connectivity index (χ1v) is 6.98. The molecule has 18 heavy (non-hydrogen) atoms. The van der Waals surface area contributed by atoms with E-state index in [1.54, 1.807) is 0 Å². The Morgan fingerprint density at radius 2 is 1.89 bits per heavy atom. The Labute approximate surface area is 116 Å². The maximum atomic E-state index is 12.1. The molecule has 0 radical (unpaired) electrons. The average Bonchev–Trinajstić information content (AvgIpc) is 2.39. The Kier molecular flexibility index (Phi) is 4.37. The number of hydrogen-bond acceptors (Lipinski definition) is 1. The fourth-order valence-corrected chi connectivity index (χ4v) is 2.41. The quantitative estimate of drug-likeness (QED) is 0.845. The summed E-state index contributed by atoms with van der Waals surface area (Å²) in [6.45, 7) is 2.85. The van der Waals surface area contributed by atoms with E-state index in [1.165, 1.54) is 0 Å². The Morgan fingerprint density at radius 1 is 1.17 bits per heavy atom. The SMILES string of the molecule is CCCCNC(=O)c1ccc(Br)c2ccccc12. The zero-order valence-corrected chi connectivity index (χ0v) is 12.0. The highest BCUT2D eigenvalue weighted by molar-refractivity contribution is 9.10. The molecule has 2 rings (SSSR count). The Bertz CT molecular complexity index is 565. The van der Waals surface area contributed by atoms with Gasteiger partial charge in [-0.15, -0.1) is 0 Å². The lowest BCUT2D eigenvalue weighted by molar-refractivity contribution is 0.0955. The number of rotatable bonds is 4. The molecule has 1 amide bonds. The molecular weight excluding hydrogens is 290 g/mol. The molecule has 0 aliphatic heterocycles. The van der Waals surface area contributed by atoms with Crippen molar-refractivity contribution in [2.75, 3.05) is 6.54 Å². The fraction of sp³-hybridized carbons (Fsp3) is 0.267. The summed E-state index contributed by atoms with van der Waals surface area (Å²) >= 11 is 3.51. The number of halogens is 1. The van der Waals surface area contributed by atoms with Crippen molar-refractivity contribution in [2.45, 2.75) is 19.8 Å². The first kappa shape index (κ1) is 13.1. The highest BCUT2D eigenvalue weighted by Gasteiger charge is 2.10. The van der Waals surface area contributed by atoms with Crippen LogP contribution in [-0.2, 0) is 0 Å². The molecule has 2 aromatic carbocycles. The second-order valence-electron chi connectivity index (χ2n) is 4.25. The Morgan fingerprint density at radius 3 is 2.61 bits per heavy atom. The molecule has 2 aromatic rings. The zero-order chi connectivity index (χ0) is 13.0. The minimum absolute atomic E-state index is 0.00662. The molecule has 0 heterocycles. The maximum absolute atomic E-state index is 12.1. The van der Waals surface area contributed by atoms with Crippen molar-refractivity contribution < 1.29 is 4.79 Å². The monoisotopic (exact) mass is 305 g/mol. The first-order valence-electron chi connectivity index (χ1n) is 6.19. The predicted octanol–water partition coefficient (Wildman–Crippen LogP) is 4.13. The molecule has 0 bridgehead atoms. The van der Waals surface area contributed by atoms with Gasteiger partial charge in [-0.3, -0.25) is 4.79 Å². The Balaban J connectivity index is 2.33. The molecule has 0 aliphatic carbocycles. The van der Waals surface area contributed by atoms with Crippen LogP contribution in [0.1, 0.15) is 30.1 Å². The van der Waals surface area contributed by atoms with E-state index in [-0.39, 0.29) is 5.91 Å². The van der Waals surface area contributed by atoms with Crippen LogP contribution in [0, 0.1) is 0 Å². The van der Waals surface area contributed by atoms with Gasteiger partial charge >= 0.3 is 0 Å². The van der Waals surface area contributed by atoms with Crippen LogP contribution in [0.2, 0.25) is 0 Å². The first-order chi connectivity index (χ1) is 8.74. The van der Waals surface area contributed by atoms with Crippen molar-refractivity contribution in [3.8, 4) is 0 Å². The van der Waals surface area contributed by atoms with E-state index < -0.39 is 0 Å². The van der Waals surface area contributed by atoms with Crippen molar-refractivity contribution in [1.29, 1.82) is 0 Å². The van der Waals surface area contributed by atoms with E-state index in [4.69, 9.17) is 0 Å². The number of carbonyl (C=O) groups is 1. The van der Waals surface area contributed by atoms with Gasteiger partial charge in [0.2, 0.25) is 0 Å². The molecule has 0 unspecified atom stereocenters. The van der Waals surface area contributed by atoms with E-state index in [0.717, 1.165) is 40.2 Å². The van der Waals surface area contributed by atoms with Crippen LogP contribution in [0.3, 0.4) is 0 Å². The van der Waals surface area contributed by atoms with Crippen LogP contribution in [0.4, 0.5) is 0 Å². The van der Waals surface area contributed by atoms with Gasteiger partial charge in [-0.1, -0.05) is 53.5 Å². The summed E-state index contributed by atoms with van der Waals surface area (Å²) in [5, 5.41) is 5.01. The standard InChI is InChI=1S/C15H16BrNO/c1-2-3-10-17-15(18)13-8-9-14(16)12-7-5-4-6-11(12)13/h4-9H,2-3,10H2,1H3,(H,17,18). The molecule has 0 aromatic heterocycles. The normalized spacial score (nSPS) is 10.6. The maximum Gasteiger partial charge on any atom is 0.251 e. The number of benzene rings is 2. The topological polar surface area (TPSA) is 29.1 Å². The molecule has 0 saturated heterocycles. The van der Waals surface area contributed by atoms with Gasteiger partial charge in [-0.05, 0) is 29.3 Å². The summed E-state index contributed by atoms with van der Waals surface area (Å²) in [7, 11) is 0. The molecule has 0 spiro atoms. The van der Waals surface area contributed by atoms with E-state index in [2.05, 4.69) is 28.2 Å². The molecule has 0 atom stereocenters. The van der Waals surface area contributed by atoms with Gasteiger partial charge in [-0.25, -0.2) is 0 Å². The zero-order valence-electron chi connectivity index (χ0n) is 10.4. The minimum Gasteiger partial charge on any atom is -0.352 e. The third-order valence-electron chi connectivity index (χ3n) is 2.93. The summed E-state index contributed by atoms with van der Waals surface area (Å²) in [6, 6.07) is 11.7. The van der Waals surface area contributed by atoms with Crippen molar-refractivity contribution in [3.05, 3.63) is 46.4 Å². The lowest BCUT2D eigenvalue weighted by atomic mass is 10.0. The fourth-order valence-electron chi connectivity index (χ4n) is 1.93. The highest BCUT2D eigenvalue weighted by atomic mass is 79.9. The third-order valence-corrected chi connectivity index (χ3v) is 3.62. The summed E-state index contributed by atoms with van der Waals surface area (Å²) in [6.07, 6.45) is 2.10. The van der Waals surface area contributed by atoms with E-state index in [1.807, 2.05) is 36.4 Å². The van der Waals surface area contributed by atoms with Gasteiger partial charge in [0, 0.05) is 16.6 Å². The van der Waals surface area contributed by atoms with Crippen molar-refractivity contribution in [3.63, 3.8) is 0 Å². The molecule has 3 heteroatoms.